The maximum atomic E-state index is 3.36. The molecular weight excluding hydrogens is 226 g/mol. The monoisotopic (exact) mass is 245 g/mol. The van der Waals surface area contributed by atoms with Crippen molar-refractivity contribution in [3.05, 3.63) is 46.3 Å². The van der Waals surface area contributed by atoms with Crippen LogP contribution in [0.4, 0.5) is 0 Å². The molecule has 0 radical (unpaired) electrons. The van der Waals surface area contributed by atoms with Crippen LogP contribution < -0.4 is 5.32 Å². The Morgan fingerprint density at radius 3 is 2.41 bits per heavy atom. The van der Waals surface area contributed by atoms with Gasteiger partial charge in [0.25, 0.3) is 0 Å². The van der Waals surface area contributed by atoms with E-state index in [-0.39, 0.29) is 0 Å². The van der Waals surface area contributed by atoms with Crippen LogP contribution in [0, 0.1) is 13.8 Å². The van der Waals surface area contributed by atoms with E-state index in [1.165, 1.54) is 26.4 Å². The van der Waals surface area contributed by atoms with E-state index in [1.807, 2.05) is 11.3 Å². The first kappa shape index (κ1) is 12.3. The lowest BCUT2D eigenvalue weighted by Crippen LogP contribution is -2.10. The Kier molecular flexibility index (Phi) is 3.97. The summed E-state index contributed by atoms with van der Waals surface area (Å²) >= 11 is 1.88. The molecule has 0 bridgehead atoms. The van der Waals surface area contributed by atoms with Gasteiger partial charge in [0.15, 0.2) is 0 Å². The number of rotatable bonds is 4. The molecule has 0 fully saturated rings. The van der Waals surface area contributed by atoms with Crippen LogP contribution in [0.1, 0.15) is 22.9 Å². The van der Waals surface area contributed by atoms with Crippen molar-refractivity contribution in [1.82, 2.24) is 5.32 Å². The Morgan fingerprint density at radius 2 is 1.76 bits per heavy atom. The van der Waals surface area contributed by atoms with Crippen LogP contribution in [-0.2, 0) is 6.54 Å². The zero-order valence-corrected chi connectivity index (χ0v) is 11.5. The van der Waals surface area contributed by atoms with Gasteiger partial charge >= 0.3 is 0 Å². The molecule has 2 heteroatoms. The highest BCUT2D eigenvalue weighted by Crippen LogP contribution is 2.29. The molecule has 0 aliphatic rings. The van der Waals surface area contributed by atoms with Gasteiger partial charge in [0.2, 0.25) is 0 Å². The fourth-order valence-corrected chi connectivity index (χ4v) is 2.96. The van der Waals surface area contributed by atoms with Crippen LogP contribution in [0.25, 0.3) is 10.4 Å². The highest BCUT2D eigenvalue weighted by molar-refractivity contribution is 7.15. The minimum Gasteiger partial charge on any atom is -0.312 e. The predicted molar refractivity (Wildman–Crippen MR) is 76.6 cm³/mol. The maximum absolute atomic E-state index is 3.36. The van der Waals surface area contributed by atoms with Crippen molar-refractivity contribution in [2.24, 2.45) is 0 Å². The third-order valence-corrected chi connectivity index (χ3v) is 3.85. The summed E-state index contributed by atoms with van der Waals surface area (Å²) in [5, 5.41) is 3.36. The fourth-order valence-electron chi connectivity index (χ4n) is 1.99. The van der Waals surface area contributed by atoms with Crippen molar-refractivity contribution in [2.45, 2.75) is 27.3 Å². The number of hydrogen-bond donors (Lipinski definition) is 1. The van der Waals surface area contributed by atoms with E-state index in [0.29, 0.717) is 0 Å². The molecule has 0 unspecified atom stereocenters. The Morgan fingerprint density at radius 1 is 1.06 bits per heavy atom. The number of hydrogen-bond acceptors (Lipinski definition) is 2. The van der Waals surface area contributed by atoms with Crippen molar-refractivity contribution in [2.75, 3.05) is 6.54 Å². The summed E-state index contributed by atoms with van der Waals surface area (Å²) in [7, 11) is 0. The smallest absolute Gasteiger partial charge is 0.0346 e. The first-order valence-corrected chi connectivity index (χ1v) is 6.89. The molecule has 17 heavy (non-hydrogen) atoms. The van der Waals surface area contributed by atoms with Crippen LogP contribution in [0.2, 0.25) is 0 Å². The Hall–Kier alpha value is -1.12. The Labute approximate surface area is 108 Å². The third-order valence-electron chi connectivity index (χ3n) is 2.72. The highest BCUT2D eigenvalue weighted by atomic mass is 32.1. The summed E-state index contributed by atoms with van der Waals surface area (Å²) in [6, 6.07) is 11.2. The average molecular weight is 245 g/mol. The molecular formula is C15H19NS. The average Bonchev–Trinajstić information content (AvgIpc) is 2.73. The second kappa shape index (κ2) is 5.48. The zero-order valence-electron chi connectivity index (χ0n) is 10.7. The normalized spacial score (nSPS) is 10.8. The topological polar surface area (TPSA) is 12.0 Å². The van der Waals surface area contributed by atoms with Crippen molar-refractivity contribution >= 4 is 11.3 Å². The van der Waals surface area contributed by atoms with E-state index < -0.39 is 0 Å². The van der Waals surface area contributed by atoms with Gasteiger partial charge in [-0.2, -0.15) is 0 Å². The first-order valence-electron chi connectivity index (χ1n) is 6.07. The number of nitrogens with one attached hydrogen (secondary N) is 1. The summed E-state index contributed by atoms with van der Waals surface area (Å²) in [6.45, 7) is 8.45. The van der Waals surface area contributed by atoms with Crippen molar-refractivity contribution in [3.63, 3.8) is 0 Å². The van der Waals surface area contributed by atoms with Gasteiger partial charge in [0.05, 0.1) is 0 Å². The van der Waals surface area contributed by atoms with Gasteiger partial charge in [-0.15, -0.1) is 11.3 Å². The first-order chi connectivity index (χ1) is 8.19. The van der Waals surface area contributed by atoms with Crippen molar-refractivity contribution in [1.29, 1.82) is 0 Å². The van der Waals surface area contributed by atoms with Crippen molar-refractivity contribution in [3.8, 4) is 10.4 Å². The van der Waals surface area contributed by atoms with Gasteiger partial charge in [0.1, 0.15) is 0 Å². The van der Waals surface area contributed by atoms with E-state index in [0.717, 1.165) is 13.1 Å². The SMILES string of the molecule is CCNCc1ccc(-c2cc(C)cc(C)c2)s1. The molecule has 1 aromatic heterocycles. The van der Waals surface area contributed by atoms with Crippen LogP contribution in [-0.4, -0.2) is 6.54 Å². The highest BCUT2D eigenvalue weighted by Gasteiger charge is 2.03. The van der Waals surface area contributed by atoms with E-state index in [1.54, 1.807) is 0 Å². The second-order valence-corrected chi connectivity index (χ2v) is 5.59. The van der Waals surface area contributed by atoms with Gasteiger partial charge in [-0.3, -0.25) is 0 Å². The molecule has 1 heterocycles. The molecule has 0 spiro atoms. The number of thiophene rings is 1. The van der Waals surface area contributed by atoms with Crippen LogP contribution >= 0.6 is 11.3 Å². The molecule has 0 saturated carbocycles. The number of aryl methyl sites for hydroxylation is 2. The zero-order chi connectivity index (χ0) is 12.3. The molecule has 1 nitrogen and oxygen atoms in total. The van der Waals surface area contributed by atoms with Crippen molar-refractivity contribution < 1.29 is 0 Å². The van der Waals surface area contributed by atoms with E-state index >= 15 is 0 Å². The Bertz CT molecular complexity index is 479. The molecule has 2 rings (SSSR count). The largest absolute Gasteiger partial charge is 0.312 e. The molecule has 0 amide bonds. The van der Waals surface area contributed by atoms with Gasteiger partial charge in [-0.05, 0) is 38.1 Å². The summed E-state index contributed by atoms with van der Waals surface area (Å²) in [5.41, 5.74) is 4.01. The van der Waals surface area contributed by atoms with E-state index in [4.69, 9.17) is 0 Å². The lowest BCUT2D eigenvalue weighted by Gasteiger charge is -2.02. The van der Waals surface area contributed by atoms with Gasteiger partial charge in [-0.25, -0.2) is 0 Å². The van der Waals surface area contributed by atoms with Crippen LogP contribution in [0.5, 0.6) is 0 Å². The molecule has 1 aromatic carbocycles. The molecule has 2 aromatic rings. The lowest BCUT2D eigenvalue weighted by molar-refractivity contribution is 0.735. The molecule has 0 saturated heterocycles. The van der Waals surface area contributed by atoms with Gasteiger partial charge < -0.3 is 5.32 Å². The molecule has 0 aliphatic heterocycles. The van der Waals surface area contributed by atoms with E-state index in [9.17, 15) is 0 Å². The van der Waals surface area contributed by atoms with E-state index in [2.05, 4.69) is 56.4 Å². The minimum atomic E-state index is 0.978. The molecule has 0 aliphatic carbocycles. The fraction of sp³-hybridized carbons (Fsp3) is 0.333. The lowest BCUT2D eigenvalue weighted by atomic mass is 10.1. The second-order valence-electron chi connectivity index (χ2n) is 4.42. The molecule has 90 valence electrons. The maximum Gasteiger partial charge on any atom is 0.0346 e. The summed E-state index contributed by atoms with van der Waals surface area (Å²) in [4.78, 5) is 2.77. The minimum absolute atomic E-state index is 0.978. The Balaban J connectivity index is 2.24. The van der Waals surface area contributed by atoms with Gasteiger partial charge in [0, 0.05) is 16.3 Å². The summed E-state index contributed by atoms with van der Waals surface area (Å²) < 4.78 is 0. The van der Waals surface area contributed by atoms with Crippen LogP contribution in [0.3, 0.4) is 0 Å². The number of benzene rings is 1. The molecule has 0 atom stereocenters. The van der Waals surface area contributed by atoms with Crippen LogP contribution in [0.15, 0.2) is 30.3 Å². The summed E-state index contributed by atoms with van der Waals surface area (Å²) in [6.07, 6.45) is 0. The standard InChI is InChI=1S/C15H19NS/c1-4-16-10-14-5-6-15(17-14)13-8-11(2)7-12(3)9-13/h5-9,16H,4,10H2,1-3H3. The molecule has 1 N–H and O–H groups in total. The predicted octanol–water partition coefficient (Wildman–Crippen LogP) is 4.14. The summed E-state index contributed by atoms with van der Waals surface area (Å²) in [5.74, 6) is 0. The van der Waals surface area contributed by atoms with Gasteiger partial charge in [-0.1, -0.05) is 36.2 Å². The quantitative estimate of drug-likeness (QED) is 0.853. The third kappa shape index (κ3) is 3.18.